The minimum Gasteiger partial charge on any atom is -0.481 e. The third-order valence-electron chi connectivity index (χ3n) is 5.40. The van der Waals surface area contributed by atoms with Crippen LogP contribution in [0.25, 0.3) is 0 Å². The van der Waals surface area contributed by atoms with Gasteiger partial charge in [-0.3, -0.25) is 19.2 Å². The van der Waals surface area contributed by atoms with Gasteiger partial charge in [0.25, 0.3) is 0 Å². The summed E-state index contributed by atoms with van der Waals surface area (Å²) in [6.45, 7) is 7.42. The normalized spacial score (nSPS) is 15.5. The zero-order chi connectivity index (χ0) is 26.4. The van der Waals surface area contributed by atoms with Crippen LogP contribution in [-0.4, -0.2) is 76.0 Å². The Morgan fingerprint density at radius 3 is 1.85 bits per heavy atom. The first-order chi connectivity index (χ1) is 15.8. The number of carbonyl (C=O) groups excluding carboxylic acids is 3. The van der Waals surface area contributed by atoms with E-state index in [1.54, 1.807) is 0 Å². The van der Waals surface area contributed by atoms with Crippen LogP contribution in [0.1, 0.15) is 59.8 Å². The van der Waals surface area contributed by atoms with Gasteiger partial charge in [0.05, 0.1) is 6.04 Å². The molecule has 0 aromatic rings. The lowest BCUT2D eigenvalue weighted by atomic mass is 9.98. The number of hydrogen-bond donors (Lipinski definition) is 6. The summed E-state index contributed by atoms with van der Waals surface area (Å²) in [4.78, 5) is 60.6. The molecule has 0 aliphatic rings. The van der Waals surface area contributed by atoms with Gasteiger partial charge in [0.2, 0.25) is 17.7 Å². The lowest BCUT2D eigenvalue weighted by molar-refractivity contribution is -0.143. The van der Waals surface area contributed by atoms with Crippen molar-refractivity contribution in [3.05, 3.63) is 0 Å². The molecule has 0 aromatic heterocycles. The van der Waals surface area contributed by atoms with E-state index in [1.165, 1.54) is 11.8 Å². The second kappa shape index (κ2) is 16.3. The Labute approximate surface area is 205 Å². The van der Waals surface area contributed by atoms with Gasteiger partial charge in [-0.1, -0.05) is 34.1 Å². The number of nitrogens with two attached hydrogens (primary N) is 1. The van der Waals surface area contributed by atoms with Crippen LogP contribution >= 0.6 is 11.8 Å². The van der Waals surface area contributed by atoms with Crippen LogP contribution < -0.4 is 21.7 Å². The predicted molar refractivity (Wildman–Crippen MR) is 130 cm³/mol. The standard InChI is InChI=1S/C22H40N4O7S/c1-6-13(4)18(23)21(31)24-14(9-10-34-5)19(29)26-16(11-12(2)3)20(30)25-15(22(32)33)7-8-17(27)28/h12-16,18H,6-11,23H2,1-5H3,(H,24,31)(H,25,30)(H,26,29)(H,27,28)(H,32,33). The molecule has 0 saturated heterocycles. The highest BCUT2D eigenvalue weighted by molar-refractivity contribution is 7.98. The van der Waals surface area contributed by atoms with Gasteiger partial charge in [-0.25, -0.2) is 4.79 Å². The summed E-state index contributed by atoms with van der Waals surface area (Å²) in [5.41, 5.74) is 5.99. The van der Waals surface area contributed by atoms with Crippen LogP contribution in [0, 0.1) is 11.8 Å². The van der Waals surface area contributed by atoms with Gasteiger partial charge in [-0.15, -0.1) is 0 Å². The van der Waals surface area contributed by atoms with Crippen LogP contribution in [0.4, 0.5) is 0 Å². The molecule has 34 heavy (non-hydrogen) atoms. The van der Waals surface area contributed by atoms with Crippen molar-refractivity contribution >= 4 is 41.4 Å². The number of rotatable bonds is 17. The fourth-order valence-electron chi connectivity index (χ4n) is 3.06. The fraction of sp³-hybridized carbons (Fsp3) is 0.773. The average molecular weight is 505 g/mol. The van der Waals surface area contributed by atoms with Crippen LogP contribution in [0.5, 0.6) is 0 Å². The van der Waals surface area contributed by atoms with E-state index in [-0.39, 0.29) is 24.7 Å². The zero-order valence-electron chi connectivity index (χ0n) is 20.6. The molecular weight excluding hydrogens is 464 g/mol. The van der Waals surface area contributed by atoms with Crippen LogP contribution in [-0.2, 0) is 24.0 Å². The lowest BCUT2D eigenvalue weighted by Gasteiger charge is -2.26. The molecule has 0 heterocycles. The number of thioether (sulfide) groups is 1. The van der Waals surface area contributed by atoms with Gasteiger partial charge < -0.3 is 31.9 Å². The van der Waals surface area contributed by atoms with Crippen molar-refractivity contribution in [1.29, 1.82) is 0 Å². The summed E-state index contributed by atoms with van der Waals surface area (Å²) in [6, 6.07) is -4.17. The third kappa shape index (κ3) is 12.2. The van der Waals surface area contributed by atoms with Gasteiger partial charge in [0, 0.05) is 6.42 Å². The van der Waals surface area contributed by atoms with Crippen molar-refractivity contribution in [3.63, 3.8) is 0 Å². The molecule has 5 unspecified atom stereocenters. The van der Waals surface area contributed by atoms with Gasteiger partial charge in [-0.2, -0.15) is 11.8 Å². The molecule has 0 rings (SSSR count). The van der Waals surface area contributed by atoms with E-state index in [0.29, 0.717) is 18.6 Å². The molecule has 0 bridgehead atoms. The van der Waals surface area contributed by atoms with Crippen molar-refractivity contribution < 1.29 is 34.2 Å². The smallest absolute Gasteiger partial charge is 0.326 e. The third-order valence-corrected chi connectivity index (χ3v) is 6.05. The van der Waals surface area contributed by atoms with Crippen LogP contribution in [0.2, 0.25) is 0 Å². The fourth-order valence-corrected chi connectivity index (χ4v) is 3.53. The second-order valence-corrected chi connectivity index (χ2v) is 9.76. The topological polar surface area (TPSA) is 188 Å². The van der Waals surface area contributed by atoms with E-state index in [1.807, 2.05) is 34.0 Å². The molecule has 5 atom stereocenters. The molecule has 11 nitrogen and oxygen atoms in total. The van der Waals surface area contributed by atoms with Crippen molar-refractivity contribution in [2.75, 3.05) is 12.0 Å². The first-order valence-electron chi connectivity index (χ1n) is 11.4. The highest BCUT2D eigenvalue weighted by Crippen LogP contribution is 2.10. The summed E-state index contributed by atoms with van der Waals surface area (Å²) < 4.78 is 0. The summed E-state index contributed by atoms with van der Waals surface area (Å²) in [5, 5.41) is 25.8. The Balaban J connectivity index is 5.50. The van der Waals surface area contributed by atoms with Crippen molar-refractivity contribution in [1.82, 2.24) is 16.0 Å². The van der Waals surface area contributed by atoms with Crippen molar-refractivity contribution in [2.24, 2.45) is 17.6 Å². The predicted octanol–water partition coefficient (Wildman–Crippen LogP) is 0.563. The van der Waals surface area contributed by atoms with Crippen molar-refractivity contribution in [3.8, 4) is 0 Å². The number of aliphatic carboxylic acids is 2. The molecule has 0 aliphatic heterocycles. The highest BCUT2D eigenvalue weighted by Gasteiger charge is 2.31. The number of carboxylic acid groups (broad SMARTS) is 2. The van der Waals surface area contributed by atoms with E-state index in [0.717, 1.165) is 0 Å². The Bertz CT molecular complexity index is 705. The first-order valence-corrected chi connectivity index (χ1v) is 12.8. The first kappa shape index (κ1) is 31.7. The Morgan fingerprint density at radius 1 is 0.853 bits per heavy atom. The molecule has 0 spiro atoms. The summed E-state index contributed by atoms with van der Waals surface area (Å²) >= 11 is 1.49. The molecule has 0 fully saturated rings. The van der Waals surface area contributed by atoms with Crippen LogP contribution in [0.15, 0.2) is 0 Å². The maximum absolute atomic E-state index is 13.0. The van der Waals surface area contributed by atoms with E-state index in [4.69, 9.17) is 10.8 Å². The van der Waals surface area contributed by atoms with Gasteiger partial charge in [0.15, 0.2) is 0 Å². The largest absolute Gasteiger partial charge is 0.481 e. The summed E-state index contributed by atoms with van der Waals surface area (Å²) in [7, 11) is 0. The molecule has 12 heteroatoms. The molecule has 196 valence electrons. The number of nitrogens with one attached hydrogen (secondary N) is 3. The van der Waals surface area contributed by atoms with E-state index < -0.39 is 60.2 Å². The molecule has 0 aliphatic carbocycles. The molecule has 0 radical (unpaired) electrons. The Morgan fingerprint density at radius 2 is 1.38 bits per heavy atom. The average Bonchev–Trinajstić information content (AvgIpc) is 2.76. The number of amides is 3. The van der Waals surface area contributed by atoms with Crippen LogP contribution in [0.3, 0.4) is 0 Å². The molecule has 7 N–H and O–H groups in total. The SMILES string of the molecule is CCC(C)C(N)C(=O)NC(CCSC)C(=O)NC(CC(C)C)C(=O)NC(CCC(=O)O)C(=O)O. The summed E-state index contributed by atoms with van der Waals surface area (Å²) in [6.07, 6.45) is 2.37. The molecular formula is C22H40N4O7S. The monoisotopic (exact) mass is 504 g/mol. The quantitative estimate of drug-likeness (QED) is 0.164. The van der Waals surface area contributed by atoms with E-state index >= 15 is 0 Å². The zero-order valence-corrected chi connectivity index (χ0v) is 21.4. The van der Waals surface area contributed by atoms with Gasteiger partial charge in [0.1, 0.15) is 18.1 Å². The van der Waals surface area contributed by atoms with E-state index in [2.05, 4.69) is 16.0 Å². The Hall–Kier alpha value is -2.34. The molecule has 0 aromatic carbocycles. The number of carbonyl (C=O) groups is 5. The minimum absolute atomic E-state index is 0.0172. The van der Waals surface area contributed by atoms with Gasteiger partial charge >= 0.3 is 11.9 Å². The highest BCUT2D eigenvalue weighted by atomic mass is 32.2. The minimum atomic E-state index is -1.41. The Kier molecular flexibility index (Phi) is 15.2. The van der Waals surface area contributed by atoms with E-state index in [9.17, 15) is 29.1 Å². The number of hydrogen-bond acceptors (Lipinski definition) is 7. The lowest BCUT2D eigenvalue weighted by Crippen LogP contribution is -2.58. The second-order valence-electron chi connectivity index (χ2n) is 8.78. The maximum atomic E-state index is 13.0. The molecule has 3 amide bonds. The number of carboxylic acids is 2. The van der Waals surface area contributed by atoms with Gasteiger partial charge in [-0.05, 0) is 43.1 Å². The maximum Gasteiger partial charge on any atom is 0.326 e. The van der Waals surface area contributed by atoms with Crippen molar-refractivity contribution in [2.45, 2.75) is 84.0 Å². The molecule has 0 saturated carbocycles. The summed E-state index contributed by atoms with van der Waals surface area (Å²) in [5.74, 6) is -3.83.